The van der Waals surface area contributed by atoms with Gasteiger partial charge in [-0.1, -0.05) is 36.4 Å². The zero-order valence-corrected chi connectivity index (χ0v) is 13.4. The maximum Gasteiger partial charge on any atom is 0.248 e. The summed E-state index contributed by atoms with van der Waals surface area (Å²) in [5.41, 5.74) is 9.53. The standard InChI is InChI=1S/C19H22N2O2/c1-14-5-2-3-8-17(14)18-13-21(9-10-23-18)12-15-6-4-7-16(11-15)19(20)22/h2-8,11,18H,9-10,12-13H2,1H3,(H2,20,22). The van der Waals surface area contributed by atoms with Crippen molar-refractivity contribution < 1.29 is 9.53 Å². The molecule has 4 heteroatoms. The second-order valence-corrected chi connectivity index (χ2v) is 6.02. The lowest BCUT2D eigenvalue weighted by Crippen LogP contribution is -2.38. The van der Waals surface area contributed by atoms with E-state index in [-0.39, 0.29) is 12.0 Å². The van der Waals surface area contributed by atoms with Gasteiger partial charge in [-0.25, -0.2) is 0 Å². The van der Waals surface area contributed by atoms with E-state index in [0.29, 0.717) is 12.2 Å². The Morgan fingerprint density at radius 1 is 1.26 bits per heavy atom. The van der Waals surface area contributed by atoms with Gasteiger partial charge in [0.15, 0.2) is 0 Å². The van der Waals surface area contributed by atoms with Crippen molar-refractivity contribution in [2.24, 2.45) is 5.73 Å². The lowest BCUT2D eigenvalue weighted by molar-refractivity contribution is -0.0332. The summed E-state index contributed by atoms with van der Waals surface area (Å²) < 4.78 is 5.96. The van der Waals surface area contributed by atoms with Gasteiger partial charge < -0.3 is 10.5 Å². The van der Waals surface area contributed by atoms with Gasteiger partial charge in [-0.05, 0) is 35.7 Å². The van der Waals surface area contributed by atoms with Gasteiger partial charge in [0, 0.05) is 25.2 Å². The van der Waals surface area contributed by atoms with E-state index < -0.39 is 0 Å². The molecule has 1 heterocycles. The topological polar surface area (TPSA) is 55.6 Å². The third kappa shape index (κ3) is 3.78. The fourth-order valence-corrected chi connectivity index (χ4v) is 3.06. The van der Waals surface area contributed by atoms with E-state index in [4.69, 9.17) is 10.5 Å². The minimum absolute atomic E-state index is 0.101. The third-order valence-corrected chi connectivity index (χ3v) is 4.30. The van der Waals surface area contributed by atoms with Gasteiger partial charge in [0.2, 0.25) is 5.91 Å². The molecule has 1 atom stereocenters. The van der Waals surface area contributed by atoms with E-state index in [1.165, 1.54) is 11.1 Å². The van der Waals surface area contributed by atoms with Gasteiger partial charge >= 0.3 is 0 Å². The third-order valence-electron chi connectivity index (χ3n) is 4.30. The van der Waals surface area contributed by atoms with E-state index in [1.807, 2.05) is 18.2 Å². The van der Waals surface area contributed by atoms with Crippen LogP contribution in [0.15, 0.2) is 48.5 Å². The molecule has 0 aromatic heterocycles. The molecule has 4 nitrogen and oxygen atoms in total. The first-order chi connectivity index (χ1) is 11.1. The molecule has 3 rings (SSSR count). The van der Waals surface area contributed by atoms with E-state index in [2.05, 4.69) is 36.1 Å². The van der Waals surface area contributed by atoms with Crippen molar-refractivity contribution in [2.75, 3.05) is 19.7 Å². The number of primary amides is 1. The van der Waals surface area contributed by atoms with E-state index in [0.717, 1.165) is 25.2 Å². The zero-order chi connectivity index (χ0) is 16.2. The number of rotatable bonds is 4. The predicted molar refractivity (Wildman–Crippen MR) is 90.1 cm³/mol. The van der Waals surface area contributed by atoms with Crippen LogP contribution in [0, 0.1) is 6.92 Å². The van der Waals surface area contributed by atoms with Crippen LogP contribution in [0.4, 0.5) is 0 Å². The minimum Gasteiger partial charge on any atom is -0.371 e. The van der Waals surface area contributed by atoms with E-state index in [9.17, 15) is 4.79 Å². The molecule has 1 fully saturated rings. The summed E-state index contributed by atoms with van der Waals surface area (Å²) in [6.07, 6.45) is 0.101. The summed E-state index contributed by atoms with van der Waals surface area (Å²) >= 11 is 0. The largest absolute Gasteiger partial charge is 0.371 e. The Hall–Kier alpha value is -2.17. The molecule has 1 aliphatic rings. The zero-order valence-electron chi connectivity index (χ0n) is 13.4. The van der Waals surface area contributed by atoms with Crippen LogP contribution in [0.5, 0.6) is 0 Å². The molecular formula is C19H22N2O2. The molecule has 1 amide bonds. The van der Waals surface area contributed by atoms with Gasteiger partial charge in [-0.15, -0.1) is 0 Å². The van der Waals surface area contributed by atoms with Gasteiger partial charge in [0.1, 0.15) is 0 Å². The lowest BCUT2D eigenvalue weighted by Gasteiger charge is -2.33. The highest BCUT2D eigenvalue weighted by atomic mass is 16.5. The van der Waals surface area contributed by atoms with Crippen LogP contribution >= 0.6 is 0 Å². The normalized spacial score (nSPS) is 18.7. The summed E-state index contributed by atoms with van der Waals surface area (Å²) in [6.45, 7) is 5.38. The first-order valence-corrected chi connectivity index (χ1v) is 7.92. The Bertz CT molecular complexity index is 699. The van der Waals surface area contributed by atoms with Crippen molar-refractivity contribution in [3.8, 4) is 0 Å². The van der Waals surface area contributed by atoms with Crippen LogP contribution < -0.4 is 5.73 Å². The number of aryl methyl sites for hydroxylation is 1. The number of amides is 1. The number of carbonyl (C=O) groups excluding carboxylic acids is 1. The van der Waals surface area contributed by atoms with Crippen LogP contribution in [0.25, 0.3) is 0 Å². The van der Waals surface area contributed by atoms with Crippen LogP contribution in [-0.4, -0.2) is 30.5 Å². The van der Waals surface area contributed by atoms with Crippen LogP contribution in [-0.2, 0) is 11.3 Å². The number of nitrogens with zero attached hydrogens (tertiary/aromatic N) is 1. The molecule has 0 aliphatic carbocycles. The molecule has 0 spiro atoms. The molecule has 0 bridgehead atoms. The van der Waals surface area contributed by atoms with Crippen molar-refractivity contribution >= 4 is 5.91 Å². The fourth-order valence-electron chi connectivity index (χ4n) is 3.06. The number of hydrogen-bond donors (Lipinski definition) is 1. The summed E-state index contributed by atoms with van der Waals surface area (Å²) in [5.74, 6) is -0.383. The van der Waals surface area contributed by atoms with Crippen molar-refractivity contribution in [3.05, 3.63) is 70.8 Å². The average molecular weight is 310 g/mol. The van der Waals surface area contributed by atoms with Gasteiger partial charge in [-0.3, -0.25) is 9.69 Å². The molecule has 2 aromatic rings. The van der Waals surface area contributed by atoms with E-state index >= 15 is 0 Å². The van der Waals surface area contributed by atoms with Crippen molar-refractivity contribution in [3.63, 3.8) is 0 Å². The van der Waals surface area contributed by atoms with Gasteiger partial charge in [-0.2, -0.15) is 0 Å². The van der Waals surface area contributed by atoms with Gasteiger partial charge in [0.05, 0.1) is 12.7 Å². The average Bonchev–Trinajstić information content (AvgIpc) is 2.56. The number of benzene rings is 2. The molecule has 2 aromatic carbocycles. The lowest BCUT2D eigenvalue weighted by atomic mass is 10.0. The highest BCUT2D eigenvalue weighted by Crippen LogP contribution is 2.25. The molecule has 120 valence electrons. The summed E-state index contributed by atoms with van der Waals surface area (Å²) in [4.78, 5) is 13.7. The molecule has 1 unspecified atom stereocenters. The van der Waals surface area contributed by atoms with Crippen LogP contribution in [0.3, 0.4) is 0 Å². The molecule has 23 heavy (non-hydrogen) atoms. The Balaban J connectivity index is 1.71. The first kappa shape index (κ1) is 15.7. The summed E-state index contributed by atoms with van der Waals surface area (Å²) in [7, 11) is 0. The minimum atomic E-state index is -0.383. The predicted octanol–water partition coefficient (Wildman–Crippen LogP) is 2.67. The fraction of sp³-hybridized carbons (Fsp3) is 0.316. The quantitative estimate of drug-likeness (QED) is 0.944. The monoisotopic (exact) mass is 310 g/mol. The van der Waals surface area contributed by atoms with Gasteiger partial charge in [0.25, 0.3) is 0 Å². The summed E-state index contributed by atoms with van der Waals surface area (Å²) in [6, 6.07) is 15.9. The number of ether oxygens (including phenoxy) is 1. The van der Waals surface area contributed by atoms with Crippen molar-refractivity contribution in [1.82, 2.24) is 4.90 Å². The number of hydrogen-bond acceptors (Lipinski definition) is 3. The maximum atomic E-state index is 11.3. The number of morpholine rings is 1. The smallest absolute Gasteiger partial charge is 0.248 e. The Labute approximate surface area is 136 Å². The number of nitrogens with two attached hydrogens (primary N) is 1. The highest BCUT2D eigenvalue weighted by Gasteiger charge is 2.23. The Morgan fingerprint density at radius 3 is 2.87 bits per heavy atom. The second-order valence-electron chi connectivity index (χ2n) is 6.02. The molecular weight excluding hydrogens is 288 g/mol. The first-order valence-electron chi connectivity index (χ1n) is 7.92. The van der Waals surface area contributed by atoms with Crippen LogP contribution in [0.2, 0.25) is 0 Å². The second kappa shape index (κ2) is 6.94. The Morgan fingerprint density at radius 2 is 2.09 bits per heavy atom. The highest BCUT2D eigenvalue weighted by molar-refractivity contribution is 5.92. The van der Waals surface area contributed by atoms with Crippen LogP contribution in [0.1, 0.15) is 33.2 Å². The molecule has 1 aliphatic heterocycles. The van der Waals surface area contributed by atoms with E-state index in [1.54, 1.807) is 6.07 Å². The molecule has 2 N–H and O–H groups in total. The van der Waals surface area contributed by atoms with Crippen molar-refractivity contribution in [2.45, 2.75) is 19.6 Å². The maximum absolute atomic E-state index is 11.3. The Kier molecular flexibility index (Phi) is 4.74. The molecule has 1 saturated heterocycles. The summed E-state index contributed by atoms with van der Waals surface area (Å²) in [5, 5.41) is 0. The molecule has 0 saturated carbocycles. The van der Waals surface area contributed by atoms with Crippen molar-refractivity contribution in [1.29, 1.82) is 0 Å². The molecule has 0 radical (unpaired) electrons. The SMILES string of the molecule is Cc1ccccc1C1CN(Cc2cccc(C(N)=O)c2)CCO1. The number of carbonyl (C=O) groups is 1.